The molecule has 0 aliphatic carbocycles. The quantitative estimate of drug-likeness (QED) is 0.249. The largest absolute Gasteiger partial charge is 0.384 e. The van der Waals surface area contributed by atoms with E-state index in [0.717, 1.165) is 29.1 Å². The van der Waals surface area contributed by atoms with E-state index in [1.165, 1.54) is 0 Å². The highest BCUT2D eigenvalue weighted by Gasteiger charge is 2.17. The summed E-state index contributed by atoms with van der Waals surface area (Å²) in [4.78, 5) is 24.4. The molecule has 0 saturated heterocycles. The van der Waals surface area contributed by atoms with Crippen LogP contribution in [0.2, 0.25) is 0 Å². The van der Waals surface area contributed by atoms with Crippen molar-refractivity contribution in [2.75, 3.05) is 0 Å². The number of hydrogen-bond donors (Lipinski definition) is 4. The third-order valence-corrected chi connectivity index (χ3v) is 5.40. The molecule has 9 heteroatoms. The summed E-state index contributed by atoms with van der Waals surface area (Å²) >= 11 is 0. The minimum atomic E-state index is -0.727. The van der Waals surface area contributed by atoms with Crippen LogP contribution in [0, 0.1) is 17.0 Å². The number of amidine groups is 1. The number of hydrogen-bond acceptors (Lipinski definition) is 3. The number of nitrogens with two attached hydrogens (primary N) is 2. The van der Waals surface area contributed by atoms with Gasteiger partial charge in [0, 0.05) is 41.2 Å². The molecule has 0 unspecified atom stereocenters. The van der Waals surface area contributed by atoms with E-state index in [2.05, 4.69) is 5.32 Å². The lowest BCUT2D eigenvalue weighted by Gasteiger charge is -2.12. The Morgan fingerprint density at radius 1 is 0.853 bits per heavy atom. The molecular formula is C25H21F2N5O2. The molecule has 1 heterocycles. The first-order valence-corrected chi connectivity index (χ1v) is 10.3. The van der Waals surface area contributed by atoms with E-state index in [9.17, 15) is 18.4 Å². The van der Waals surface area contributed by atoms with Crippen LogP contribution in [0.15, 0.2) is 66.7 Å². The third-order valence-electron chi connectivity index (χ3n) is 5.40. The van der Waals surface area contributed by atoms with Crippen molar-refractivity contribution in [1.82, 2.24) is 9.88 Å². The first kappa shape index (κ1) is 22.7. The van der Waals surface area contributed by atoms with Gasteiger partial charge in [-0.15, -0.1) is 0 Å². The van der Waals surface area contributed by atoms with Gasteiger partial charge in [0.25, 0.3) is 5.91 Å². The molecule has 3 aromatic carbocycles. The van der Waals surface area contributed by atoms with Gasteiger partial charge in [0.15, 0.2) is 0 Å². The number of benzene rings is 3. The predicted octanol–water partition coefficient (Wildman–Crippen LogP) is 3.28. The zero-order valence-corrected chi connectivity index (χ0v) is 17.9. The van der Waals surface area contributed by atoms with Crippen LogP contribution in [0.4, 0.5) is 8.78 Å². The Bertz CT molecular complexity index is 1410. The molecule has 4 aromatic rings. The van der Waals surface area contributed by atoms with E-state index in [1.54, 1.807) is 53.1 Å². The van der Waals surface area contributed by atoms with Gasteiger partial charge in [-0.2, -0.15) is 0 Å². The van der Waals surface area contributed by atoms with E-state index in [1.807, 2.05) is 0 Å². The van der Waals surface area contributed by atoms with Gasteiger partial charge in [-0.3, -0.25) is 15.0 Å². The second-order valence-electron chi connectivity index (χ2n) is 7.82. The van der Waals surface area contributed by atoms with E-state index in [0.29, 0.717) is 22.3 Å². The van der Waals surface area contributed by atoms with E-state index >= 15 is 0 Å². The van der Waals surface area contributed by atoms with Gasteiger partial charge in [0.05, 0.1) is 0 Å². The lowest BCUT2D eigenvalue weighted by molar-refractivity contribution is 0.0941. The molecule has 2 amide bonds. The number of carbonyl (C=O) groups is 2. The van der Waals surface area contributed by atoms with E-state index in [4.69, 9.17) is 16.9 Å². The third kappa shape index (κ3) is 4.78. The average Bonchev–Trinajstić information content (AvgIpc) is 3.15. The SMILES string of the molecule is N=C(N)c1ccc2cc(C(=O)NCc3cc(F)cc(F)c3)n(Cc3ccc(C(N)=O)cc3)c2c1. The maximum absolute atomic E-state index is 13.5. The van der Waals surface area contributed by atoms with Gasteiger partial charge >= 0.3 is 0 Å². The smallest absolute Gasteiger partial charge is 0.268 e. The van der Waals surface area contributed by atoms with Crippen molar-refractivity contribution >= 4 is 28.6 Å². The lowest BCUT2D eigenvalue weighted by Crippen LogP contribution is -2.25. The van der Waals surface area contributed by atoms with Gasteiger partial charge in [-0.1, -0.05) is 24.3 Å². The highest BCUT2D eigenvalue weighted by molar-refractivity contribution is 6.02. The van der Waals surface area contributed by atoms with Crippen LogP contribution in [0.25, 0.3) is 10.9 Å². The van der Waals surface area contributed by atoms with Crippen molar-refractivity contribution in [2.24, 2.45) is 11.5 Å². The van der Waals surface area contributed by atoms with Gasteiger partial charge in [0.1, 0.15) is 23.2 Å². The number of fused-ring (bicyclic) bond motifs is 1. The van der Waals surface area contributed by atoms with Gasteiger partial charge in [0.2, 0.25) is 5.91 Å². The van der Waals surface area contributed by atoms with Crippen molar-refractivity contribution in [1.29, 1.82) is 5.41 Å². The molecule has 6 N–H and O–H groups in total. The minimum absolute atomic E-state index is 0.0684. The molecule has 172 valence electrons. The Labute approximate surface area is 193 Å². The number of nitrogens with one attached hydrogen (secondary N) is 2. The first-order valence-electron chi connectivity index (χ1n) is 10.3. The Kier molecular flexibility index (Phi) is 6.09. The molecule has 0 fully saturated rings. The second-order valence-corrected chi connectivity index (χ2v) is 7.82. The highest BCUT2D eigenvalue weighted by atomic mass is 19.1. The zero-order chi connectivity index (χ0) is 24.4. The number of amides is 2. The summed E-state index contributed by atoms with van der Waals surface area (Å²) in [7, 11) is 0. The highest BCUT2D eigenvalue weighted by Crippen LogP contribution is 2.23. The molecule has 7 nitrogen and oxygen atoms in total. The lowest BCUT2D eigenvalue weighted by atomic mass is 10.1. The number of halogens is 2. The maximum Gasteiger partial charge on any atom is 0.268 e. The summed E-state index contributed by atoms with van der Waals surface area (Å²) in [6.07, 6.45) is 0. The molecule has 0 spiro atoms. The fraction of sp³-hybridized carbons (Fsp3) is 0.0800. The molecule has 4 rings (SSSR count). The van der Waals surface area contributed by atoms with Crippen molar-refractivity contribution in [3.05, 3.63) is 106 Å². The Morgan fingerprint density at radius 3 is 2.12 bits per heavy atom. The summed E-state index contributed by atoms with van der Waals surface area (Å²) < 4.78 is 28.7. The van der Waals surface area contributed by atoms with Crippen molar-refractivity contribution < 1.29 is 18.4 Å². The molecule has 0 bridgehead atoms. The summed E-state index contributed by atoms with van der Waals surface area (Å²) in [5.74, 6) is -2.56. The molecule has 0 aliphatic rings. The number of aromatic nitrogens is 1. The van der Waals surface area contributed by atoms with Crippen LogP contribution in [-0.4, -0.2) is 22.2 Å². The van der Waals surface area contributed by atoms with Crippen LogP contribution in [0.5, 0.6) is 0 Å². The van der Waals surface area contributed by atoms with E-state index < -0.39 is 23.4 Å². The molecule has 34 heavy (non-hydrogen) atoms. The normalized spacial score (nSPS) is 10.9. The number of nitrogens with zero attached hydrogens (tertiary/aromatic N) is 1. The summed E-state index contributed by atoms with van der Waals surface area (Å²) in [5, 5.41) is 11.2. The number of nitrogen functional groups attached to an aromatic ring is 1. The van der Waals surface area contributed by atoms with Crippen molar-refractivity contribution in [3.63, 3.8) is 0 Å². The Hall–Kier alpha value is -4.53. The topological polar surface area (TPSA) is 127 Å². The fourth-order valence-electron chi connectivity index (χ4n) is 3.72. The predicted molar refractivity (Wildman–Crippen MR) is 125 cm³/mol. The van der Waals surface area contributed by atoms with Gasteiger partial charge in [-0.05, 0) is 47.5 Å². The van der Waals surface area contributed by atoms with Crippen molar-refractivity contribution in [2.45, 2.75) is 13.1 Å². The maximum atomic E-state index is 13.5. The van der Waals surface area contributed by atoms with Crippen molar-refractivity contribution in [3.8, 4) is 0 Å². The monoisotopic (exact) mass is 461 g/mol. The molecule has 0 atom stereocenters. The summed E-state index contributed by atoms with van der Waals surface area (Å²) in [6.45, 7) is 0.211. The molecule has 1 aromatic heterocycles. The van der Waals surface area contributed by atoms with Crippen LogP contribution in [0.3, 0.4) is 0 Å². The fourth-order valence-corrected chi connectivity index (χ4v) is 3.72. The number of carbonyl (C=O) groups excluding carboxylic acids is 2. The standard InChI is InChI=1S/C25H21F2N5O2/c26-19-7-15(8-20(27)11-19)12-31-25(34)22-9-17-5-6-18(23(28)29)10-21(17)32(22)13-14-1-3-16(4-2-14)24(30)33/h1-11H,12-13H2,(H3,28,29)(H2,30,33)(H,31,34). The molecule has 0 aliphatic heterocycles. The molecule has 0 saturated carbocycles. The zero-order valence-electron chi connectivity index (χ0n) is 17.9. The van der Waals surface area contributed by atoms with Crippen LogP contribution in [-0.2, 0) is 13.1 Å². The summed E-state index contributed by atoms with van der Waals surface area (Å²) in [5.41, 5.74) is 13.9. The van der Waals surface area contributed by atoms with Crippen LogP contribution < -0.4 is 16.8 Å². The minimum Gasteiger partial charge on any atom is -0.384 e. The number of primary amides is 1. The van der Waals surface area contributed by atoms with Crippen LogP contribution >= 0.6 is 0 Å². The Morgan fingerprint density at radius 2 is 1.50 bits per heavy atom. The number of rotatable bonds is 7. The molecule has 0 radical (unpaired) electrons. The first-order chi connectivity index (χ1) is 16.2. The Balaban J connectivity index is 1.70. The second kappa shape index (κ2) is 9.14. The van der Waals surface area contributed by atoms with Crippen LogP contribution in [0.1, 0.15) is 37.5 Å². The summed E-state index contributed by atoms with van der Waals surface area (Å²) in [6, 6.07) is 16.6. The average molecular weight is 461 g/mol. The van der Waals surface area contributed by atoms with Gasteiger partial charge < -0.3 is 21.4 Å². The van der Waals surface area contributed by atoms with Gasteiger partial charge in [-0.25, -0.2) is 8.78 Å². The molecular weight excluding hydrogens is 440 g/mol. The van der Waals surface area contributed by atoms with E-state index in [-0.39, 0.29) is 24.5 Å².